The van der Waals surface area contributed by atoms with Crippen molar-refractivity contribution in [2.75, 3.05) is 25.6 Å². The summed E-state index contributed by atoms with van der Waals surface area (Å²) in [4.78, 5) is 38.2. The van der Waals surface area contributed by atoms with E-state index in [1.54, 1.807) is 18.5 Å². The van der Waals surface area contributed by atoms with E-state index in [1.807, 2.05) is 25.9 Å². The predicted octanol–water partition coefficient (Wildman–Crippen LogP) is 3.74. The van der Waals surface area contributed by atoms with Crippen LogP contribution in [0.2, 0.25) is 0 Å². The summed E-state index contributed by atoms with van der Waals surface area (Å²) >= 11 is 0. The van der Waals surface area contributed by atoms with Crippen LogP contribution < -0.4 is 4.90 Å². The second kappa shape index (κ2) is 9.69. The highest BCUT2D eigenvalue weighted by Crippen LogP contribution is 2.73. The van der Waals surface area contributed by atoms with Crippen molar-refractivity contribution < 1.29 is 29.3 Å². The Morgan fingerprint density at radius 1 is 1.12 bits per heavy atom. The van der Waals surface area contributed by atoms with E-state index in [1.165, 1.54) is 0 Å². The molecule has 2 N–H and O–H groups in total. The second-order valence-corrected chi connectivity index (χ2v) is 14.9. The quantitative estimate of drug-likeness (QED) is 0.389. The molecule has 1 unspecified atom stereocenters. The van der Waals surface area contributed by atoms with Crippen molar-refractivity contribution >= 4 is 23.1 Å². The molecule has 43 heavy (non-hydrogen) atoms. The Balaban J connectivity index is 1.17. The van der Waals surface area contributed by atoms with E-state index in [-0.39, 0.29) is 47.8 Å². The molecule has 2 aliphatic heterocycles. The summed E-state index contributed by atoms with van der Waals surface area (Å²) in [5, 5.41) is 21.2. The number of carbonyl (C=O) groups excluding carboxylic acids is 2. The Kier molecular flexibility index (Phi) is 6.56. The summed E-state index contributed by atoms with van der Waals surface area (Å²) in [5.41, 5.74) is 0.625. The van der Waals surface area contributed by atoms with Crippen LogP contribution in [0.15, 0.2) is 29.6 Å². The number of ketones is 1. The maximum Gasteiger partial charge on any atom is 0.336 e. The van der Waals surface area contributed by atoms with Gasteiger partial charge in [0.2, 0.25) is 0 Å². The van der Waals surface area contributed by atoms with Crippen LogP contribution in [0, 0.1) is 40.4 Å². The van der Waals surface area contributed by atoms with Crippen molar-refractivity contribution in [1.82, 2.24) is 9.97 Å². The van der Waals surface area contributed by atoms with Gasteiger partial charge in [-0.25, -0.2) is 9.78 Å². The molecule has 1 saturated heterocycles. The van der Waals surface area contributed by atoms with Crippen molar-refractivity contribution in [3.05, 3.63) is 35.3 Å². The monoisotopic (exact) mass is 591 g/mol. The van der Waals surface area contributed by atoms with Gasteiger partial charge in [0, 0.05) is 26.1 Å². The molecular weight excluding hydrogens is 546 g/mol. The Bertz CT molecular complexity index is 1420. The number of anilines is 1. The first-order valence-electron chi connectivity index (χ1n) is 16.0. The van der Waals surface area contributed by atoms with Crippen LogP contribution >= 0.6 is 0 Å². The maximum absolute atomic E-state index is 14.6. The zero-order chi connectivity index (χ0) is 30.6. The fourth-order valence-corrected chi connectivity index (χ4v) is 10.7. The third-order valence-electron chi connectivity index (χ3n) is 13.1. The van der Waals surface area contributed by atoms with Crippen molar-refractivity contribution in [3.8, 4) is 0 Å². The average molecular weight is 592 g/mol. The zero-order valence-electron chi connectivity index (χ0n) is 26.2. The summed E-state index contributed by atoms with van der Waals surface area (Å²) in [6, 6.07) is 0. The molecule has 232 valence electrons. The first-order valence-corrected chi connectivity index (χ1v) is 16.0. The van der Waals surface area contributed by atoms with E-state index in [2.05, 4.69) is 30.7 Å². The Labute approximate surface area is 253 Å². The average Bonchev–Trinajstić information content (AvgIpc) is 3.61. The minimum absolute atomic E-state index is 0.0180. The van der Waals surface area contributed by atoms with Gasteiger partial charge in [-0.15, -0.1) is 0 Å². The summed E-state index contributed by atoms with van der Waals surface area (Å²) < 4.78 is 12.3. The first-order chi connectivity index (χ1) is 20.4. The number of esters is 1. The molecule has 0 amide bonds. The molecule has 6 aliphatic rings. The molecule has 0 radical (unpaired) electrons. The van der Waals surface area contributed by atoms with Crippen LogP contribution in [-0.2, 0) is 19.1 Å². The molecular formula is C34H45N3O6. The molecule has 4 aliphatic carbocycles. The van der Waals surface area contributed by atoms with E-state index in [0.29, 0.717) is 46.8 Å². The lowest BCUT2D eigenvalue weighted by Gasteiger charge is -2.58. The number of aliphatic hydroxyl groups excluding tert-OH is 2. The van der Waals surface area contributed by atoms with Crippen LogP contribution in [0.3, 0.4) is 0 Å². The third kappa shape index (κ3) is 3.80. The number of allylic oxidation sites excluding steroid dienone is 1. The lowest BCUT2D eigenvalue weighted by Crippen LogP contribution is -2.64. The highest BCUT2D eigenvalue weighted by atomic mass is 16.6. The van der Waals surface area contributed by atoms with Crippen LogP contribution in [-0.4, -0.2) is 76.5 Å². The van der Waals surface area contributed by atoms with Gasteiger partial charge in [0.05, 0.1) is 41.8 Å². The van der Waals surface area contributed by atoms with Crippen LogP contribution in [0.25, 0.3) is 5.57 Å². The van der Waals surface area contributed by atoms with Crippen molar-refractivity contribution in [2.45, 2.75) is 90.1 Å². The van der Waals surface area contributed by atoms with Gasteiger partial charge in [-0.3, -0.25) is 9.78 Å². The van der Waals surface area contributed by atoms with Gasteiger partial charge in [-0.05, 0) is 87.0 Å². The Morgan fingerprint density at radius 2 is 1.88 bits per heavy atom. The van der Waals surface area contributed by atoms with Gasteiger partial charge in [0.25, 0.3) is 0 Å². The maximum atomic E-state index is 14.6. The van der Waals surface area contributed by atoms with Gasteiger partial charge >= 0.3 is 5.97 Å². The highest BCUT2D eigenvalue weighted by molar-refractivity contribution is 6.24. The molecule has 4 fully saturated rings. The number of aliphatic hydroxyl groups is 2. The molecule has 1 aromatic rings. The van der Waals surface area contributed by atoms with Crippen molar-refractivity contribution in [3.63, 3.8) is 0 Å². The number of hydrogen-bond acceptors (Lipinski definition) is 9. The van der Waals surface area contributed by atoms with Crippen molar-refractivity contribution in [2.24, 2.45) is 40.4 Å². The smallest absolute Gasteiger partial charge is 0.336 e. The van der Waals surface area contributed by atoms with Crippen molar-refractivity contribution in [1.29, 1.82) is 0 Å². The minimum atomic E-state index is -0.878. The van der Waals surface area contributed by atoms with Gasteiger partial charge in [-0.2, -0.15) is 0 Å². The number of carbonyl (C=O) groups is 2. The number of cyclic esters (lactones) is 1. The largest absolute Gasteiger partial charge is 0.458 e. The molecule has 9 heteroatoms. The number of rotatable bonds is 5. The summed E-state index contributed by atoms with van der Waals surface area (Å²) in [6.07, 6.45) is 9.33. The van der Waals surface area contributed by atoms with E-state index in [9.17, 15) is 19.8 Å². The van der Waals surface area contributed by atoms with Crippen LogP contribution in [0.1, 0.15) is 71.9 Å². The molecule has 3 heterocycles. The number of aromatic nitrogens is 2. The third-order valence-corrected chi connectivity index (χ3v) is 13.1. The van der Waals surface area contributed by atoms with Crippen LogP contribution in [0.4, 0.5) is 5.82 Å². The lowest BCUT2D eigenvalue weighted by atomic mass is 9.43. The standard InChI is InChI=1S/C34H45N3O6/c1-17-11-26(42-31(41)21(17)16-38)18(2)22-7-8-23-19-13-28-34(43-28)27(39)12-20(25-14-36-29(15-35-25)37(5)6)30(40)33(34,4)24(19)9-10-32(22,23)3/h12,14-15,18-19,22-24,26-28,38-39H,7-11,13,16H2,1-6H3/t18-,19-,22+,23-,24-,26?,27-,28+,32+,33-,34+/m0/s1. The number of fused-ring (bicyclic) bond motifs is 4. The number of Topliss-reactive ketones (excluding diaryl/α,β-unsaturated/α-hetero) is 1. The molecule has 1 spiro atoms. The van der Waals surface area contributed by atoms with Gasteiger partial charge in [0.1, 0.15) is 23.6 Å². The number of nitrogens with zero attached hydrogens (tertiary/aromatic N) is 3. The normalized spacial score (nSPS) is 44.0. The summed E-state index contributed by atoms with van der Waals surface area (Å²) in [6.45, 7) is 8.37. The van der Waals surface area contributed by atoms with Crippen LogP contribution in [0.5, 0.6) is 0 Å². The SMILES string of the molecule is CC1=C(CO)C(=O)OC([C@@H](C)[C@H]2CC[C@H]3[C@@H]4C[C@H]5O[C@]56[C@@H](O)C=C(c5cnc(N(C)C)cn5)C(=O)[C@]6(C)[C@H]4CC[C@]23C)C1. The molecule has 1 aromatic heterocycles. The van der Waals surface area contributed by atoms with E-state index in [0.717, 1.165) is 37.7 Å². The van der Waals surface area contributed by atoms with E-state index < -0.39 is 17.1 Å². The number of ether oxygens (including phenoxy) is 2. The Hall–Kier alpha value is -2.62. The lowest BCUT2D eigenvalue weighted by molar-refractivity contribution is -0.155. The molecule has 0 aromatic carbocycles. The molecule has 0 bridgehead atoms. The molecule has 3 saturated carbocycles. The minimum Gasteiger partial charge on any atom is -0.458 e. The molecule has 9 nitrogen and oxygen atoms in total. The Morgan fingerprint density at radius 3 is 2.53 bits per heavy atom. The first kappa shape index (κ1) is 29.1. The second-order valence-electron chi connectivity index (χ2n) is 14.9. The molecule has 7 rings (SSSR count). The van der Waals surface area contributed by atoms with E-state index in [4.69, 9.17) is 9.47 Å². The fraction of sp³-hybridized carbons (Fsp3) is 0.706. The van der Waals surface area contributed by atoms with Gasteiger partial charge < -0.3 is 24.6 Å². The van der Waals surface area contributed by atoms with Gasteiger partial charge in [-0.1, -0.05) is 19.4 Å². The van der Waals surface area contributed by atoms with Gasteiger partial charge in [0.15, 0.2) is 5.78 Å². The predicted molar refractivity (Wildman–Crippen MR) is 160 cm³/mol. The number of hydrogen-bond donors (Lipinski definition) is 2. The summed E-state index contributed by atoms with van der Waals surface area (Å²) in [7, 11) is 3.79. The van der Waals surface area contributed by atoms with E-state index >= 15 is 0 Å². The summed E-state index contributed by atoms with van der Waals surface area (Å²) in [5.74, 6) is 1.78. The number of epoxide rings is 1. The zero-order valence-corrected chi connectivity index (χ0v) is 26.2. The molecule has 11 atom stereocenters. The topological polar surface area (TPSA) is 125 Å². The fourth-order valence-electron chi connectivity index (χ4n) is 10.7. The highest BCUT2D eigenvalue weighted by Gasteiger charge is 2.81.